The predicted octanol–water partition coefficient (Wildman–Crippen LogP) is 2.70. The molecule has 0 saturated carbocycles. The molecule has 0 aliphatic carbocycles. The molecule has 0 aliphatic heterocycles. The third-order valence-electron chi connectivity index (χ3n) is 3.46. The van der Waals surface area contributed by atoms with Gasteiger partial charge in [0.2, 0.25) is 15.8 Å². The number of aryl methyl sites for hydroxylation is 1. The Balaban J connectivity index is 2.20. The number of hydrogen-bond acceptors (Lipinski definition) is 6. The van der Waals surface area contributed by atoms with Gasteiger partial charge in [-0.05, 0) is 48.9 Å². The Morgan fingerprint density at radius 2 is 1.65 bits per heavy atom. The molecule has 6 nitrogen and oxygen atoms in total. The number of nitrogens with two attached hydrogens (primary N) is 2. The molecular formula is C15H13BrN4O2S. The standard InChI is InChI=1S/C15H13BrN4O2S/c1-8-6-9(2-4-12(8)16)23(21,22)10-3-5-13-11(7-10)14(17)20-15(18)19-13/h2-7H,1H3,(H4,17,18,19,20). The molecule has 3 aromatic rings. The highest BCUT2D eigenvalue weighted by atomic mass is 79.9. The van der Waals surface area contributed by atoms with Crippen LogP contribution in [-0.2, 0) is 9.84 Å². The van der Waals surface area contributed by atoms with Gasteiger partial charge in [0.05, 0.1) is 15.3 Å². The molecule has 23 heavy (non-hydrogen) atoms. The van der Waals surface area contributed by atoms with E-state index in [9.17, 15) is 8.42 Å². The van der Waals surface area contributed by atoms with Crippen LogP contribution in [0.2, 0.25) is 0 Å². The summed E-state index contributed by atoms with van der Waals surface area (Å²) in [5.74, 6) is 0.200. The van der Waals surface area contributed by atoms with Gasteiger partial charge in [0.15, 0.2) is 0 Å². The van der Waals surface area contributed by atoms with Crippen LogP contribution in [0.3, 0.4) is 0 Å². The van der Waals surface area contributed by atoms with Crippen LogP contribution in [0.1, 0.15) is 5.56 Å². The van der Waals surface area contributed by atoms with Gasteiger partial charge in [-0.3, -0.25) is 0 Å². The maximum Gasteiger partial charge on any atom is 0.222 e. The average molecular weight is 393 g/mol. The monoisotopic (exact) mass is 392 g/mol. The average Bonchev–Trinajstić information content (AvgIpc) is 2.49. The van der Waals surface area contributed by atoms with Gasteiger partial charge < -0.3 is 11.5 Å². The Labute approximate surface area is 141 Å². The molecule has 0 aliphatic rings. The smallest absolute Gasteiger partial charge is 0.222 e. The van der Waals surface area contributed by atoms with E-state index >= 15 is 0 Å². The molecule has 0 fully saturated rings. The molecule has 0 unspecified atom stereocenters. The number of nitrogens with zero attached hydrogens (tertiary/aromatic N) is 2. The first kappa shape index (κ1) is 15.7. The van der Waals surface area contributed by atoms with Crippen molar-refractivity contribution in [1.82, 2.24) is 9.97 Å². The Bertz CT molecular complexity index is 1040. The summed E-state index contributed by atoms with van der Waals surface area (Å²) in [7, 11) is -3.66. The van der Waals surface area contributed by atoms with E-state index in [0.717, 1.165) is 10.0 Å². The van der Waals surface area contributed by atoms with E-state index < -0.39 is 9.84 Å². The van der Waals surface area contributed by atoms with Crippen molar-refractivity contribution >= 4 is 48.4 Å². The van der Waals surface area contributed by atoms with Gasteiger partial charge in [0, 0.05) is 9.86 Å². The largest absolute Gasteiger partial charge is 0.383 e. The van der Waals surface area contributed by atoms with Gasteiger partial charge in [0.25, 0.3) is 0 Å². The summed E-state index contributed by atoms with van der Waals surface area (Å²) in [5, 5.41) is 0.453. The molecule has 0 radical (unpaired) electrons. The van der Waals surface area contributed by atoms with Gasteiger partial charge in [-0.25, -0.2) is 13.4 Å². The van der Waals surface area contributed by atoms with E-state index in [0.29, 0.717) is 10.9 Å². The molecule has 8 heteroatoms. The quantitative estimate of drug-likeness (QED) is 0.692. The lowest BCUT2D eigenvalue weighted by Gasteiger charge is -2.09. The number of rotatable bonds is 2. The van der Waals surface area contributed by atoms with Crippen LogP contribution in [0.5, 0.6) is 0 Å². The number of anilines is 2. The number of halogens is 1. The summed E-state index contributed by atoms with van der Waals surface area (Å²) in [6.07, 6.45) is 0. The first-order chi connectivity index (χ1) is 10.8. The zero-order valence-electron chi connectivity index (χ0n) is 12.1. The highest BCUT2D eigenvalue weighted by Gasteiger charge is 2.19. The van der Waals surface area contributed by atoms with Crippen LogP contribution in [0.4, 0.5) is 11.8 Å². The van der Waals surface area contributed by atoms with E-state index in [-0.39, 0.29) is 21.6 Å². The molecule has 0 bridgehead atoms. The number of aromatic nitrogens is 2. The van der Waals surface area contributed by atoms with Gasteiger partial charge >= 0.3 is 0 Å². The molecule has 2 aromatic carbocycles. The highest BCUT2D eigenvalue weighted by Crippen LogP contribution is 2.28. The van der Waals surface area contributed by atoms with Crippen molar-refractivity contribution in [1.29, 1.82) is 0 Å². The first-order valence-electron chi connectivity index (χ1n) is 6.63. The Kier molecular flexibility index (Phi) is 3.73. The lowest BCUT2D eigenvalue weighted by Crippen LogP contribution is -2.04. The van der Waals surface area contributed by atoms with Crippen LogP contribution in [0, 0.1) is 6.92 Å². The Morgan fingerprint density at radius 1 is 1.00 bits per heavy atom. The second kappa shape index (κ2) is 5.47. The van der Waals surface area contributed by atoms with E-state index in [2.05, 4.69) is 25.9 Å². The summed E-state index contributed by atoms with van der Waals surface area (Å²) >= 11 is 3.36. The molecule has 4 N–H and O–H groups in total. The van der Waals surface area contributed by atoms with E-state index in [1.807, 2.05) is 6.92 Å². The molecule has 118 valence electrons. The zero-order chi connectivity index (χ0) is 16.8. The summed E-state index contributed by atoms with van der Waals surface area (Å²) in [4.78, 5) is 8.26. The molecule has 1 aromatic heterocycles. The van der Waals surface area contributed by atoms with Gasteiger partial charge in [-0.2, -0.15) is 4.98 Å². The van der Waals surface area contributed by atoms with Crippen molar-refractivity contribution in [3.63, 3.8) is 0 Å². The SMILES string of the molecule is Cc1cc(S(=O)(=O)c2ccc3nc(N)nc(N)c3c2)ccc1Br. The van der Waals surface area contributed by atoms with Crippen LogP contribution in [0.25, 0.3) is 10.9 Å². The van der Waals surface area contributed by atoms with E-state index in [4.69, 9.17) is 11.5 Å². The van der Waals surface area contributed by atoms with E-state index in [1.165, 1.54) is 12.1 Å². The normalized spacial score (nSPS) is 11.7. The molecule has 0 amide bonds. The van der Waals surface area contributed by atoms with Crippen molar-refractivity contribution in [3.05, 3.63) is 46.4 Å². The fraction of sp³-hybridized carbons (Fsp3) is 0.0667. The van der Waals surface area contributed by atoms with Crippen LogP contribution in [0.15, 0.2) is 50.7 Å². The Morgan fingerprint density at radius 3 is 2.35 bits per heavy atom. The lowest BCUT2D eigenvalue weighted by atomic mass is 10.2. The second-order valence-corrected chi connectivity index (χ2v) is 7.86. The number of fused-ring (bicyclic) bond motifs is 1. The minimum Gasteiger partial charge on any atom is -0.383 e. The van der Waals surface area contributed by atoms with Gasteiger partial charge in [0.1, 0.15) is 5.82 Å². The third-order valence-corrected chi connectivity index (χ3v) is 6.10. The molecule has 0 atom stereocenters. The maximum atomic E-state index is 12.8. The van der Waals surface area contributed by atoms with Crippen LogP contribution >= 0.6 is 15.9 Å². The maximum absolute atomic E-state index is 12.8. The molecule has 1 heterocycles. The number of hydrogen-bond donors (Lipinski definition) is 2. The highest BCUT2D eigenvalue weighted by molar-refractivity contribution is 9.10. The fourth-order valence-corrected chi connectivity index (χ4v) is 3.86. The minimum atomic E-state index is -3.66. The molecule has 0 spiro atoms. The lowest BCUT2D eigenvalue weighted by molar-refractivity contribution is 0.596. The summed E-state index contributed by atoms with van der Waals surface area (Å²) in [5.41, 5.74) is 12.7. The zero-order valence-corrected chi connectivity index (χ0v) is 14.5. The fourth-order valence-electron chi connectivity index (χ4n) is 2.24. The molecular weight excluding hydrogens is 380 g/mol. The van der Waals surface area contributed by atoms with Crippen LogP contribution in [-0.4, -0.2) is 18.4 Å². The van der Waals surface area contributed by atoms with E-state index in [1.54, 1.807) is 24.3 Å². The number of nitrogen functional groups attached to an aromatic ring is 2. The van der Waals surface area contributed by atoms with Gasteiger partial charge in [-0.1, -0.05) is 15.9 Å². The van der Waals surface area contributed by atoms with Crippen molar-refractivity contribution in [2.75, 3.05) is 11.5 Å². The van der Waals surface area contributed by atoms with Gasteiger partial charge in [-0.15, -0.1) is 0 Å². The summed E-state index contributed by atoms with van der Waals surface area (Å²) < 4.78 is 26.4. The number of sulfone groups is 1. The molecule has 0 saturated heterocycles. The Hall–Kier alpha value is -2.19. The number of benzene rings is 2. The third kappa shape index (κ3) is 2.75. The topological polar surface area (TPSA) is 112 Å². The first-order valence-corrected chi connectivity index (χ1v) is 8.90. The molecule has 3 rings (SSSR count). The second-order valence-electron chi connectivity index (χ2n) is 5.06. The van der Waals surface area contributed by atoms with Crippen molar-refractivity contribution < 1.29 is 8.42 Å². The van der Waals surface area contributed by atoms with Crippen molar-refractivity contribution in [2.24, 2.45) is 0 Å². The van der Waals surface area contributed by atoms with Crippen molar-refractivity contribution in [3.8, 4) is 0 Å². The summed E-state index contributed by atoms with van der Waals surface area (Å²) in [6.45, 7) is 1.83. The van der Waals surface area contributed by atoms with Crippen molar-refractivity contribution in [2.45, 2.75) is 16.7 Å². The van der Waals surface area contributed by atoms with Crippen LogP contribution < -0.4 is 11.5 Å². The summed E-state index contributed by atoms with van der Waals surface area (Å²) in [6, 6.07) is 9.41. The predicted molar refractivity (Wildman–Crippen MR) is 92.7 cm³/mol. The minimum absolute atomic E-state index is 0.0501.